The van der Waals surface area contributed by atoms with Crippen LogP contribution in [0, 0.1) is 5.92 Å². The summed E-state index contributed by atoms with van der Waals surface area (Å²) in [6.07, 6.45) is -0.188. The van der Waals surface area contributed by atoms with Crippen molar-refractivity contribution in [2.75, 3.05) is 13.7 Å². The second-order valence-electron chi connectivity index (χ2n) is 4.70. The van der Waals surface area contributed by atoms with Crippen molar-refractivity contribution in [2.24, 2.45) is 5.92 Å². The van der Waals surface area contributed by atoms with E-state index in [4.69, 9.17) is 9.47 Å². The molecule has 0 amide bonds. The fourth-order valence-electron chi connectivity index (χ4n) is 2.01. The van der Waals surface area contributed by atoms with Gasteiger partial charge >= 0.3 is 11.8 Å². The van der Waals surface area contributed by atoms with Gasteiger partial charge in [-0.05, 0) is 18.6 Å². The predicted octanol–water partition coefficient (Wildman–Crippen LogP) is 3.32. The van der Waals surface area contributed by atoms with E-state index in [1.165, 1.54) is 7.11 Å². The lowest BCUT2D eigenvalue weighted by molar-refractivity contribution is -0.317. The van der Waals surface area contributed by atoms with Gasteiger partial charge in [-0.3, -0.25) is 0 Å². The zero-order chi connectivity index (χ0) is 15.0. The molecule has 1 heterocycles. The Bertz CT molecular complexity index is 493. The molecule has 0 aromatic carbocycles. The summed E-state index contributed by atoms with van der Waals surface area (Å²) in [5.41, 5.74) is 0.759. The third-order valence-electron chi connectivity index (χ3n) is 3.38. The highest BCUT2D eigenvalue weighted by molar-refractivity contribution is 5.35. The van der Waals surface area contributed by atoms with Crippen LogP contribution < -0.4 is 9.47 Å². The molecule has 1 aromatic rings. The monoisotopic (exact) mass is 293 g/mol. The summed E-state index contributed by atoms with van der Waals surface area (Å²) in [6.45, 7) is 1.41. The first-order valence-electron chi connectivity index (χ1n) is 6.24. The van der Waals surface area contributed by atoms with Crippen LogP contribution in [0.5, 0.6) is 11.6 Å². The Balaban J connectivity index is 2.02. The number of hydrogen-bond donors (Lipinski definition) is 0. The van der Waals surface area contributed by atoms with Gasteiger partial charge in [-0.2, -0.15) is 17.6 Å². The van der Waals surface area contributed by atoms with Gasteiger partial charge in [0, 0.05) is 12.1 Å². The highest BCUT2D eigenvalue weighted by atomic mass is 19.3. The number of pyridine rings is 1. The predicted molar refractivity (Wildman–Crippen MR) is 63.7 cm³/mol. The molecule has 112 valence electrons. The standard InChI is InChI=1S/C13H15F4NO2/c1-3-9-4-5-10(11(18-9)19-2)20-7-8-6-12(14,15)13(8,16)17/h4-5,8H,3,6-7H2,1-2H3. The lowest BCUT2D eigenvalue weighted by Gasteiger charge is -2.43. The van der Waals surface area contributed by atoms with Crippen molar-refractivity contribution in [2.45, 2.75) is 31.6 Å². The Hall–Kier alpha value is -1.53. The molecule has 0 spiro atoms. The lowest BCUT2D eigenvalue weighted by Crippen LogP contribution is -2.60. The number of hydrogen-bond acceptors (Lipinski definition) is 3. The third kappa shape index (κ3) is 2.41. The number of alkyl halides is 4. The fraction of sp³-hybridized carbons (Fsp3) is 0.615. The van der Waals surface area contributed by atoms with Gasteiger partial charge in [-0.1, -0.05) is 6.92 Å². The maximum absolute atomic E-state index is 13.1. The summed E-state index contributed by atoms with van der Waals surface area (Å²) >= 11 is 0. The fourth-order valence-corrected chi connectivity index (χ4v) is 2.01. The van der Waals surface area contributed by atoms with Crippen molar-refractivity contribution in [1.29, 1.82) is 0 Å². The Kier molecular flexibility index (Phi) is 3.80. The second-order valence-corrected chi connectivity index (χ2v) is 4.70. The molecule has 1 unspecified atom stereocenters. The summed E-state index contributed by atoms with van der Waals surface area (Å²) in [5.74, 6) is -9.10. The minimum Gasteiger partial charge on any atom is -0.487 e. The molecule has 7 heteroatoms. The minimum absolute atomic E-state index is 0.166. The molecule has 1 saturated carbocycles. The number of rotatable bonds is 5. The zero-order valence-corrected chi connectivity index (χ0v) is 11.1. The largest absolute Gasteiger partial charge is 0.487 e. The molecule has 0 radical (unpaired) electrons. The lowest BCUT2D eigenvalue weighted by atomic mass is 9.77. The van der Waals surface area contributed by atoms with E-state index in [9.17, 15) is 17.6 Å². The molecule has 1 fully saturated rings. The average molecular weight is 293 g/mol. The molecule has 20 heavy (non-hydrogen) atoms. The summed E-state index contributed by atoms with van der Waals surface area (Å²) in [4.78, 5) is 4.11. The Labute approximate surface area is 113 Å². The van der Waals surface area contributed by atoms with E-state index in [-0.39, 0.29) is 11.6 Å². The minimum atomic E-state index is -4.02. The molecule has 0 N–H and O–H groups in total. The number of aryl methyl sites for hydroxylation is 1. The van der Waals surface area contributed by atoms with Gasteiger partial charge in [-0.25, -0.2) is 4.98 Å². The summed E-state index contributed by atoms with van der Waals surface area (Å²) in [7, 11) is 1.38. The Morgan fingerprint density at radius 3 is 2.50 bits per heavy atom. The van der Waals surface area contributed by atoms with Crippen LogP contribution in [-0.4, -0.2) is 30.5 Å². The first kappa shape index (κ1) is 14.9. The zero-order valence-electron chi connectivity index (χ0n) is 11.1. The van der Waals surface area contributed by atoms with E-state index in [2.05, 4.69) is 4.98 Å². The average Bonchev–Trinajstić information content (AvgIpc) is 2.43. The van der Waals surface area contributed by atoms with Crippen LogP contribution >= 0.6 is 0 Å². The molecule has 1 aliphatic rings. The molecular weight excluding hydrogens is 278 g/mol. The maximum Gasteiger partial charge on any atom is 0.316 e. The van der Waals surface area contributed by atoms with Gasteiger partial charge in [-0.15, -0.1) is 0 Å². The van der Waals surface area contributed by atoms with Crippen molar-refractivity contribution in [3.63, 3.8) is 0 Å². The van der Waals surface area contributed by atoms with E-state index in [0.29, 0.717) is 6.42 Å². The first-order chi connectivity index (χ1) is 9.31. The van der Waals surface area contributed by atoms with E-state index >= 15 is 0 Å². The van der Waals surface area contributed by atoms with Gasteiger partial charge in [0.15, 0.2) is 5.75 Å². The van der Waals surface area contributed by atoms with Crippen LogP contribution in [0.1, 0.15) is 19.0 Å². The van der Waals surface area contributed by atoms with E-state index in [1.807, 2.05) is 6.92 Å². The van der Waals surface area contributed by atoms with Crippen LogP contribution in [-0.2, 0) is 6.42 Å². The summed E-state index contributed by atoms with van der Waals surface area (Å²) < 4.78 is 61.8. The molecule has 0 saturated heterocycles. The maximum atomic E-state index is 13.1. The Morgan fingerprint density at radius 1 is 1.30 bits per heavy atom. The number of nitrogens with zero attached hydrogens (tertiary/aromatic N) is 1. The second kappa shape index (κ2) is 5.10. The molecule has 1 aromatic heterocycles. The van der Waals surface area contributed by atoms with Crippen LogP contribution in [0.15, 0.2) is 12.1 Å². The molecule has 2 rings (SSSR count). The van der Waals surface area contributed by atoms with Gasteiger partial charge in [0.2, 0.25) is 0 Å². The number of halogens is 4. The van der Waals surface area contributed by atoms with Crippen LogP contribution in [0.2, 0.25) is 0 Å². The van der Waals surface area contributed by atoms with Gasteiger partial charge in [0.1, 0.15) is 0 Å². The van der Waals surface area contributed by atoms with Gasteiger partial charge in [0.25, 0.3) is 5.88 Å². The molecule has 1 aliphatic carbocycles. The van der Waals surface area contributed by atoms with Crippen molar-refractivity contribution in [3.05, 3.63) is 17.8 Å². The topological polar surface area (TPSA) is 31.4 Å². The summed E-state index contributed by atoms with van der Waals surface area (Å²) in [6, 6.07) is 3.21. The van der Waals surface area contributed by atoms with E-state index in [1.54, 1.807) is 12.1 Å². The first-order valence-corrected chi connectivity index (χ1v) is 6.24. The van der Waals surface area contributed by atoms with Crippen LogP contribution in [0.4, 0.5) is 17.6 Å². The number of aromatic nitrogens is 1. The van der Waals surface area contributed by atoms with Crippen molar-refractivity contribution in [1.82, 2.24) is 4.98 Å². The van der Waals surface area contributed by atoms with E-state index in [0.717, 1.165) is 5.69 Å². The van der Waals surface area contributed by atoms with Gasteiger partial charge < -0.3 is 9.47 Å². The van der Waals surface area contributed by atoms with Crippen LogP contribution in [0.3, 0.4) is 0 Å². The number of methoxy groups -OCH3 is 1. The normalized spacial score (nSPS) is 23.0. The van der Waals surface area contributed by atoms with Crippen molar-refractivity contribution in [3.8, 4) is 11.6 Å². The van der Waals surface area contributed by atoms with Crippen molar-refractivity contribution < 1.29 is 27.0 Å². The SMILES string of the molecule is CCc1ccc(OCC2CC(F)(F)C2(F)F)c(OC)n1. The molecule has 1 atom stereocenters. The van der Waals surface area contributed by atoms with E-state index < -0.39 is 30.8 Å². The molecule has 0 bridgehead atoms. The van der Waals surface area contributed by atoms with Gasteiger partial charge in [0.05, 0.1) is 19.6 Å². The molecule has 3 nitrogen and oxygen atoms in total. The molecule has 0 aliphatic heterocycles. The summed E-state index contributed by atoms with van der Waals surface area (Å²) in [5, 5.41) is 0. The quantitative estimate of drug-likeness (QED) is 0.780. The molecular formula is C13H15F4NO2. The Morgan fingerprint density at radius 2 is 2.00 bits per heavy atom. The van der Waals surface area contributed by atoms with Crippen LogP contribution in [0.25, 0.3) is 0 Å². The highest BCUT2D eigenvalue weighted by Crippen LogP contribution is 2.55. The third-order valence-corrected chi connectivity index (χ3v) is 3.38. The smallest absolute Gasteiger partial charge is 0.316 e. The number of ether oxygens (including phenoxy) is 2. The van der Waals surface area contributed by atoms with Crippen molar-refractivity contribution >= 4 is 0 Å². The highest BCUT2D eigenvalue weighted by Gasteiger charge is 2.71.